The summed E-state index contributed by atoms with van der Waals surface area (Å²) in [6.07, 6.45) is 5.54. The largest absolute Gasteiger partial charge is 0.381 e. The third kappa shape index (κ3) is 4.05. The van der Waals surface area contributed by atoms with Crippen molar-refractivity contribution in [1.29, 1.82) is 0 Å². The monoisotopic (exact) mass is 341 g/mol. The van der Waals surface area contributed by atoms with Gasteiger partial charge in [0.2, 0.25) is 5.91 Å². The Morgan fingerprint density at radius 2 is 2.00 bits per heavy atom. The summed E-state index contributed by atoms with van der Waals surface area (Å²) in [5.41, 5.74) is 0.340. The van der Waals surface area contributed by atoms with Gasteiger partial charge in [-0.2, -0.15) is 11.8 Å². The molecule has 1 unspecified atom stereocenters. The van der Waals surface area contributed by atoms with E-state index in [0.717, 1.165) is 83.1 Å². The molecule has 0 bridgehead atoms. The van der Waals surface area contributed by atoms with Gasteiger partial charge < -0.3 is 14.4 Å². The summed E-state index contributed by atoms with van der Waals surface area (Å²) in [5.74, 6) is 3.52. The fourth-order valence-corrected chi connectivity index (χ4v) is 5.51. The summed E-state index contributed by atoms with van der Waals surface area (Å²) >= 11 is 1.99. The molecule has 0 aromatic carbocycles. The first-order chi connectivity index (χ1) is 11.2. The molecule has 0 aromatic rings. The Hall–Kier alpha value is -0.260. The highest BCUT2D eigenvalue weighted by molar-refractivity contribution is 7.99. The van der Waals surface area contributed by atoms with Gasteiger partial charge in [0.25, 0.3) is 0 Å². The van der Waals surface area contributed by atoms with Crippen molar-refractivity contribution >= 4 is 17.7 Å². The van der Waals surface area contributed by atoms with E-state index in [1.54, 1.807) is 0 Å². The number of rotatable bonds is 4. The zero-order chi connectivity index (χ0) is 16.1. The highest BCUT2D eigenvalue weighted by Gasteiger charge is 2.44. The Labute approximate surface area is 144 Å². The molecule has 132 valence electrons. The molecule has 0 N–H and O–H groups in total. The number of piperidine rings is 1. The summed E-state index contributed by atoms with van der Waals surface area (Å²) in [6.45, 7) is 7.21. The van der Waals surface area contributed by atoms with Crippen molar-refractivity contribution < 1.29 is 14.3 Å². The van der Waals surface area contributed by atoms with Gasteiger partial charge in [0.15, 0.2) is 0 Å². The number of ether oxygens (including phenoxy) is 2. The maximum Gasteiger partial charge on any atom is 0.225 e. The van der Waals surface area contributed by atoms with Gasteiger partial charge in [-0.1, -0.05) is 0 Å². The normalized spacial score (nSPS) is 28.9. The molecule has 3 aliphatic rings. The SMILES string of the molecule is CCOCC1COCCC12CCN(C(=O)C1CCSCC1)CC2. The van der Waals surface area contributed by atoms with E-state index in [9.17, 15) is 4.79 Å². The van der Waals surface area contributed by atoms with Crippen molar-refractivity contribution in [3.8, 4) is 0 Å². The molecule has 3 fully saturated rings. The third-order valence-corrected chi connectivity index (χ3v) is 7.14. The molecule has 1 spiro atoms. The van der Waals surface area contributed by atoms with Crippen molar-refractivity contribution in [1.82, 2.24) is 4.90 Å². The van der Waals surface area contributed by atoms with E-state index in [4.69, 9.17) is 9.47 Å². The summed E-state index contributed by atoms with van der Waals surface area (Å²) in [6, 6.07) is 0. The van der Waals surface area contributed by atoms with Gasteiger partial charge >= 0.3 is 0 Å². The van der Waals surface area contributed by atoms with Gasteiger partial charge in [0.05, 0.1) is 13.2 Å². The second-order valence-electron chi connectivity index (χ2n) is 7.26. The van der Waals surface area contributed by atoms with Crippen LogP contribution in [0.2, 0.25) is 0 Å². The van der Waals surface area contributed by atoms with E-state index in [1.165, 1.54) is 0 Å². The molecule has 1 atom stereocenters. The lowest BCUT2D eigenvalue weighted by atomic mass is 9.66. The summed E-state index contributed by atoms with van der Waals surface area (Å²) in [4.78, 5) is 14.9. The molecule has 0 aromatic heterocycles. The quantitative estimate of drug-likeness (QED) is 0.788. The zero-order valence-corrected chi connectivity index (χ0v) is 15.2. The molecular formula is C18H31NO3S. The van der Waals surface area contributed by atoms with E-state index in [0.29, 0.717) is 23.2 Å². The number of likely N-dealkylation sites (tertiary alicyclic amines) is 1. The third-order valence-electron chi connectivity index (χ3n) is 6.09. The van der Waals surface area contributed by atoms with Crippen molar-refractivity contribution in [3.63, 3.8) is 0 Å². The van der Waals surface area contributed by atoms with Crippen LogP contribution in [-0.4, -0.2) is 61.8 Å². The molecule has 3 heterocycles. The lowest BCUT2D eigenvalue weighted by Gasteiger charge is -2.49. The number of hydrogen-bond acceptors (Lipinski definition) is 4. The maximum absolute atomic E-state index is 12.7. The second kappa shape index (κ2) is 8.21. The first-order valence-electron chi connectivity index (χ1n) is 9.27. The maximum atomic E-state index is 12.7. The fourth-order valence-electron chi connectivity index (χ4n) is 4.40. The van der Waals surface area contributed by atoms with Crippen LogP contribution < -0.4 is 0 Å². The van der Waals surface area contributed by atoms with Crippen molar-refractivity contribution in [2.75, 3.05) is 51.0 Å². The Morgan fingerprint density at radius 3 is 2.70 bits per heavy atom. The fraction of sp³-hybridized carbons (Fsp3) is 0.944. The van der Waals surface area contributed by atoms with Gasteiger partial charge in [0, 0.05) is 38.1 Å². The van der Waals surface area contributed by atoms with Crippen LogP contribution in [0.3, 0.4) is 0 Å². The average molecular weight is 342 g/mol. The summed E-state index contributed by atoms with van der Waals surface area (Å²) in [5, 5.41) is 0. The van der Waals surface area contributed by atoms with Crippen molar-refractivity contribution in [3.05, 3.63) is 0 Å². The average Bonchev–Trinajstić information content (AvgIpc) is 2.62. The van der Waals surface area contributed by atoms with Gasteiger partial charge in [-0.05, 0) is 55.9 Å². The predicted octanol–water partition coefficient (Wildman–Crippen LogP) is 2.81. The van der Waals surface area contributed by atoms with Crippen LogP contribution in [-0.2, 0) is 14.3 Å². The van der Waals surface area contributed by atoms with E-state index in [2.05, 4.69) is 11.8 Å². The van der Waals surface area contributed by atoms with E-state index < -0.39 is 0 Å². The molecule has 4 nitrogen and oxygen atoms in total. The second-order valence-corrected chi connectivity index (χ2v) is 8.48. The van der Waals surface area contributed by atoms with Gasteiger partial charge in [0.1, 0.15) is 0 Å². The van der Waals surface area contributed by atoms with E-state index in [-0.39, 0.29) is 0 Å². The molecule has 3 saturated heterocycles. The first-order valence-corrected chi connectivity index (χ1v) is 10.4. The minimum atomic E-state index is 0.291. The Bertz CT molecular complexity index is 390. The van der Waals surface area contributed by atoms with Crippen LogP contribution in [0, 0.1) is 17.3 Å². The van der Waals surface area contributed by atoms with E-state index >= 15 is 0 Å². The van der Waals surface area contributed by atoms with Crippen molar-refractivity contribution in [2.24, 2.45) is 17.3 Å². The molecule has 0 radical (unpaired) electrons. The molecule has 0 aliphatic carbocycles. The smallest absolute Gasteiger partial charge is 0.225 e. The minimum Gasteiger partial charge on any atom is -0.381 e. The number of carbonyl (C=O) groups is 1. The molecule has 1 amide bonds. The Balaban J connectivity index is 1.56. The Kier molecular flexibility index (Phi) is 6.27. The zero-order valence-electron chi connectivity index (χ0n) is 14.4. The van der Waals surface area contributed by atoms with Crippen LogP contribution in [0.1, 0.15) is 39.0 Å². The molecule has 0 saturated carbocycles. The molecule has 3 aliphatic heterocycles. The summed E-state index contributed by atoms with van der Waals surface area (Å²) in [7, 11) is 0. The minimum absolute atomic E-state index is 0.291. The van der Waals surface area contributed by atoms with Gasteiger partial charge in [-0.25, -0.2) is 0 Å². The highest BCUT2D eigenvalue weighted by Crippen LogP contribution is 2.45. The van der Waals surface area contributed by atoms with Crippen LogP contribution in [0.5, 0.6) is 0 Å². The topological polar surface area (TPSA) is 38.8 Å². The van der Waals surface area contributed by atoms with Crippen molar-refractivity contribution in [2.45, 2.75) is 39.0 Å². The number of thioether (sulfide) groups is 1. The lowest BCUT2D eigenvalue weighted by molar-refractivity contribution is -0.143. The Morgan fingerprint density at radius 1 is 1.26 bits per heavy atom. The molecular weight excluding hydrogens is 310 g/mol. The molecule has 5 heteroatoms. The lowest BCUT2D eigenvalue weighted by Crippen LogP contribution is -2.51. The number of nitrogens with zero attached hydrogens (tertiary/aromatic N) is 1. The highest BCUT2D eigenvalue weighted by atomic mass is 32.2. The van der Waals surface area contributed by atoms with Gasteiger partial charge in [-0.3, -0.25) is 4.79 Å². The predicted molar refractivity (Wildman–Crippen MR) is 93.7 cm³/mol. The van der Waals surface area contributed by atoms with Gasteiger partial charge in [-0.15, -0.1) is 0 Å². The van der Waals surface area contributed by atoms with E-state index in [1.807, 2.05) is 11.8 Å². The standard InChI is InChI=1S/C18H31NO3S/c1-2-21-13-16-14-22-10-7-18(16)5-8-19(9-6-18)17(20)15-3-11-23-12-4-15/h15-16H,2-14H2,1H3. The summed E-state index contributed by atoms with van der Waals surface area (Å²) < 4.78 is 11.4. The first kappa shape index (κ1) is 17.6. The van der Waals surface area contributed by atoms with Crippen LogP contribution in [0.25, 0.3) is 0 Å². The molecule has 3 rings (SSSR count). The van der Waals surface area contributed by atoms with Crippen LogP contribution in [0.4, 0.5) is 0 Å². The molecule has 23 heavy (non-hydrogen) atoms. The number of carbonyl (C=O) groups excluding carboxylic acids is 1. The number of amides is 1. The number of hydrogen-bond donors (Lipinski definition) is 0. The van der Waals surface area contributed by atoms with Crippen LogP contribution >= 0.6 is 11.8 Å². The van der Waals surface area contributed by atoms with Crippen LogP contribution in [0.15, 0.2) is 0 Å².